The van der Waals surface area contributed by atoms with Crippen LogP contribution < -0.4 is 5.32 Å². The van der Waals surface area contributed by atoms with Gasteiger partial charge >= 0.3 is 0 Å². The third kappa shape index (κ3) is 1.85. The van der Waals surface area contributed by atoms with Crippen molar-refractivity contribution in [3.63, 3.8) is 0 Å². The van der Waals surface area contributed by atoms with Gasteiger partial charge in [0.25, 0.3) is 0 Å². The van der Waals surface area contributed by atoms with E-state index in [4.69, 9.17) is 0 Å². The molecule has 2 saturated heterocycles. The van der Waals surface area contributed by atoms with Crippen molar-refractivity contribution in [2.45, 2.75) is 38.8 Å². The third-order valence-electron chi connectivity index (χ3n) is 3.04. The quantitative estimate of drug-likeness (QED) is 0.593. The Balaban J connectivity index is 1.95. The molecule has 0 aromatic rings. The summed E-state index contributed by atoms with van der Waals surface area (Å²) in [5, 5.41) is 4.52. The number of hydrogen-bond donors (Lipinski definition) is 0. The van der Waals surface area contributed by atoms with Crippen molar-refractivity contribution >= 4 is 5.91 Å². The average Bonchev–Trinajstić information content (AvgIpc) is 2.51. The summed E-state index contributed by atoms with van der Waals surface area (Å²) in [6.45, 7) is 4.12. The van der Waals surface area contributed by atoms with E-state index in [0.717, 1.165) is 38.3 Å². The molecule has 2 unspecified atom stereocenters. The van der Waals surface area contributed by atoms with Crippen molar-refractivity contribution < 1.29 is 4.79 Å². The van der Waals surface area contributed by atoms with Gasteiger partial charge < -0.3 is 4.90 Å². The van der Waals surface area contributed by atoms with Crippen LogP contribution in [0.1, 0.15) is 32.6 Å². The number of piperidine rings is 1. The molecule has 13 heavy (non-hydrogen) atoms. The second-order valence-corrected chi connectivity index (χ2v) is 4.21. The fraction of sp³-hybridized carbons (Fsp3) is 0.900. The molecule has 2 rings (SSSR count). The normalized spacial score (nSPS) is 35.5. The maximum absolute atomic E-state index is 11.4. The molecule has 0 spiro atoms. The summed E-state index contributed by atoms with van der Waals surface area (Å²) in [6.07, 6.45) is 4.24. The molecular weight excluding hydrogens is 164 g/mol. The van der Waals surface area contributed by atoms with Crippen molar-refractivity contribution in [3.05, 3.63) is 0 Å². The lowest BCUT2D eigenvalue weighted by Gasteiger charge is -2.33. The molecular formula is C10H17N2O. The van der Waals surface area contributed by atoms with Crippen molar-refractivity contribution in [2.24, 2.45) is 5.92 Å². The van der Waals surface area contributed by atoms with Crippen LogP contribution >= 0.6 is 0 Å². The molecule has 2 atom stereocenters. The van der Waals surface area contributed by atoms with Crippen LogP contribution in [0.3, 0.4) is 0 Å². The van der Waals surface area contributed by atoms with E-state index in [1.807, 2.05) is 4.90 Å². The summed E-state index contributed by atoms with van der Waals surface area (Å²) in [5.41, 5.74) is 0. The Kier molecular flexibility index (Phi) is 2.54. The molecule has 0 saturated carbocycles. The van der Waals surface area contributed by atoms with Crippen molar-refractivity contribution in [3.8, 4) is 0 Å². The second-order valence-electron chi connectivity index (χ2n) is 4.21. The minimum Gasteiger partial charge on any atom is -0.326 e. The molecule has 0 bridgehead atoms. The summed E-state index contributed by atoms with van der Waals surface area (Å²) in [6, 6.07) is 0. The van der Waals surface area contributed by atoms with Gasteiger partial charge in [0.2, 0.25) is 5.91 Å². The average molecular weight is 181 g/mol. The molecule has 3 nitrogen and oxygen atoms in total. The largest absolute Gasteiger partial charge is 0.326 e. The Labute approximate surface area is 79.5 Å². The van der Waals surface area contributed by atoms with Gasteiger partial charge in [-0.25, -0.2) is 5.32 Å². The lowest BCUT2D eigenvalue weighted by Crippen LogP contribution is -2.46. The molecule has 2 aliphatic rings. The van der Waals surface area contributed by atoms with Crippen molar-refractivity contribution in [1.29, 1.82) is 0 Å². The molecule has 2 heterocycles. The fourth-order valence-corrected chi connectivity index (χ4v) is 2.21. The molecule has 0 N–H and O–H groups in total. The van der Waals surface area contributed by atoms with Crippen LogP contribution in [0.25, 0.3) is 0 Å². The number of rotatable bonds is 1. The van der Waals surface area contributed by atoms with E-state index in [2.05, 4.69) is 12.2 Å². The second kappa shape index (κ2) is 3.66. The lowest BCUT2D eigenvalue weighted by molar-refractivity contribution is -0.131. The molecule has 0 aromatic carbocycles. The minimum absolute atomic E-state index is 0.207. The van der Waals surface area contributed by atoms with Gasteiger partial charge in [-0.2, -0.15) is 0 Å². The molecule has 1 amide bonds. The molecule has 2 fully saturated rings. The minimum atomic E-state index is 0.207. The summed E-state index contributed by atoms with van der Waals surface area (Å²) in [4.78, 5) is 13.4. The van der Waals surface area contributed by atoms with Gasteiger partial charge in [0.1, 0.15) is 0 Å². The van der Waals surface area contributed by atoms with E-state index in [0.29, 0.717) is 5.91 Å². The maximum atomic E-state index is 11.4. The number of amides is 1. The van der Waals surface area contributed by atoms with Crippen LogP contribution in [-0.4, -0.2) is 30.1 Å². The summed E-state index contributed by atoms with van der Waals surface area (Å²) in [5.74, 6) is 1.04. The topological polar surface area (TPSA) is 34.4 Å². The first-order valence-corrected chi connectivity index (χ1v) is 5.23. The van der Waals surface area contributed by atoms with Gasteiger partial charge in [0.15, 0.2) is 0 Å². The number of nitrogens with zero attached hydrogens (tertiary/aromatic N) is 2. The van der Waals surface area contributed by atoms with Gasteiger partial charge in [-0.1, -0.05) is 6.92 Å². The zero-order chi connectivity index (χ0) is 9.26. The van der Waals surface area contributed by atoms with E-state index >= 15 is 0 Å². The van der Waals surface area contributed by atoms with E-state index in [-0.39, 0.29) is 6.17 Å². The monoisotopic (exact) mass is 181 g/mol. The Morgan fingerprint density at radius 2 is 2.38 bits per heavy atom. The Bertz CT molecular complexity index is 205. The predicted molar refractivity (Wildman–Crippen MR) is 50.1 cm³/mol. The van der Waals surface area contributed by atoms with Crippen LogP contribution in [0, 0.1) is 5.92 Å². The predicted octanol–water partition coefficient (Wildman–Crippen LogP) is 0.969. The Morgan fingerprint density at radius 3 is 3.00 bits per heavy atom. The zero-order valence-electron chi connectivity index (χ0n) is 8.20. The molecule has 0 aliphatic carbocycles. The highest BCUT2D eigenvalue weighted by Crippen LogP contribution is 2.22. The SMILES string of the molecule is CC1CC[N]C(N2CCCC2=O)C1. The van der Waals surface area contributed by atoms with E-state index in [1.165, 1.54) is 6.42 Å². The lowest BCUT2D eigenvalue weighted by atomic mass is 9.97. The summed E-state index contributed by atoms with van der Waals surface area (Å²) in [7, 11) is 0. The molecule has 0 aromatic heterocycles. The third-order valence-corrected chi connectivity index (χ3v) is 3.04. The number of likely N-dealkylation sites (tertiary alicyclic amines) is 1. The zero-order valence-corrected chi connectivity index (χ0v) is 8.20. The number of carbonyl (C=O) groups excluding carboxylic acids is 1. The molecule has 73 valence electrons. The van der Waals surface area contributed by atoms with E-state index in [1.54, 1.807) is 0 Å². The first-order valence-electron chi connectivity index (χ1n) is 5.23. The molecule has 3 heteroatoms. The maximum Gasteiger partial charge on any atom is 0.223 e. The van der Waals surface area contributed by atoms with Crippen molar-refractivity contribution in [1.82, 2.24) is 10.2 Å². The van der Waals surface area contributed by atoms with Crippen molar-refractivity contribution in [2.75, 3.05) is 13.1 Å². The Morgan fingerprint density at radius 1 is 1.54 bits per heavy atom. The van der Waals surface area contributed by atoms with Gasteiger partial charge in [-0.3, -0.25) is 4.79 Å². The van der Waals surface area contributed by atoms with Gasteiger partial charge in [0.05, 0.1) is 6.17 Å². The van der Waals surface area contributed by atoms with Crippen LogP contribution in [0.5, 0.6) is 0 Å². The van der Waals surface area contributed by atoms with Crippen LogP contribution in [0.4, 0.5) is 0 Å². The summed E-state index contributed by atoms with van der Waals surface area (Å²) >= 11 is 0. The fourth-order valence-electron chi connectivity index (χ4n) is 2.21. The Hall–Kier alpha value is -0.570. The molecule has 1 radical (unpaired) electrons. The smallest absolute Gasteiger partial charge is 0.223 e. The highest BCUT2D eigenvalue weighted by Gasteiger charge is 2.31. The van der Waals surface area contributed by atoms with E-state index < -0.39 is 0 Å². The molecule has 2 aliphatic heterocycles. The van der Waals surface area contributed by atoms with Crippen LogP contribution in [0.2, 0.25) is 0 Å². The highest BCUT2D eigenvalue weighted by molar-refractivity contribution is 5.78. The van der Waals surface area contributed by atoms with Gasteiger partial charge in [-0.05, 0) is 25.2 Å². The first-order chi connectivity index (χ1) is 6.27. The van der Waals surface area contributed by atoms with E-state index in [9.17, 15) is 4.79 Å². The number of carbonyl (C=O) groups is 1. The van der Waals surface area contributed by atoms with Gasteiger partial charge in [0, 0.05) is 19.5 Å². The van der Waals surface area contributed by atoms with Gasteiger partial charge in [-0.15, -0.1) is 0 Å². The summed E-state index contributed by atoms with van der Waals surface area (Å²) < 4.78 is 0. The first kappa shape index (κ1) is 9.00. The van der Waals surface area contributed by atoms with Crippen LogP contribution in [0.15, 0.2) is 0 Å². The highest BCUT2D eigenvalue weighted by atomic mass is 16.2. The number of hydrogen-bond acceptors (Lipinski definition) is 1. The van der Waals surface area contributed by atoms with Crippen LogP contribution in [-0.2, 0) is 4.79 Å². The standard InChI is InChI=1S/C10H17N2O/c1-8-4-5-11-9(7-8)12-6-2-3-10(12)13/h8-9H,2-7H2,1H3.